The SMILES string of the molecule is COc1cc(NC(=O)c2ccc(C)c([N+](=O)[O-])c2)c(C(=O)[O-])cc1OC. The summed E-state index contributed by atoms with van der Waals surface area (Å²) in [5.41, 5.74) is -0.229. The number of hydrogen-bond donors (Lipinski definition) is 1. The van der Waals surface area contributed by atoms with Crippen LogP contribution in [0.4, 0.5) is 11.4 Å². The first kappa shape index (κ1) is 18.7. The Labute approximate surface area is 148 Å². The number of anilines is 1. The van der Waals surface area contributed by atoms with Crippen molar-refractivity contribution in [2.75, 3.05) is 19.5 Å². The zero-order chi connectivity index (χ0) is 19.4. The molecular weight excluding hydrogens is 344 g/mol. The number of nitrogens with one attached hydrogen (secondary N) is 1. The second-order valence-electron chi connectivity index (χ2n) is 5.25. The van der Waals surface area contributed by atoms with Gasteiger partial charge in [-0.1, -0.05) is 6.07 Å². The van der Waals surface area contributed by atoms with E-state index in [1.54, 1.807) is 6.92 Å². The van der Waals surface area contributed by atoms with Gasteiger partial charge in [0, 0.05) is 28.8 Å². The van der Waals surface area contributed by atoms with Gasteiger partial charge in [0.15, 0.2) is 11.5 Å². The highest BCUT2D eigenvalue weighted by Gasteiger charge is 2.18. The lowest BCUT2D eigenvalue weighted by Gasteiger charge is -2.16. The van der Waals surface area contributed by atoms with Gasteiger partial charge in [-0.2, -0.15) is 0 Å². The molecule has 0 saturated heterocycles. The molecule has 2 aromatic rings. The summed E-state index contributed by atoms with van der Waals surface area (Å²) in [6, 6.07) is 6.37. The fourth-order valence-corrected chi connectivity index (χ4v) is 2.29. The summed E-state index contributed by atoms with van der Waals surface area (Å²) < 4.78 is 10.1. The van der Waals surface area contributed by atoms with E-state index >= 15 is 0 Å². The number of benzene rings is 2. The molecule has 0 bridgehead atoms. The molecule has 9 heteroatoms. The largest absolute Gasteiger partial charge is 0.545 e. The summed E-state index contributed by atoms with van der Waals surface area (Å²) in [6.07, 6.45) is 0. The third kappa shape index (κ3) is 3.72. The van der Waals surface area contributed by atoms with Crippen molar-refractivity contribution >= 4 is 23.3 Å². The number of carbonyl (C=O) groups is 2. The van der Waals surface area contributed by atoms with E-state index in [2.05, 4.69) is 5.32 Å². The molecule has 2 aromatic carbocycles. The molecule has 0 fully saturated rings. The Morgan fingerprint density at radius 2 is 1.69 bits per heavy atom. The number of rotatable bonds is 6. The van der Waals surface area contributed by atoms with Crippen LogP contribution in [0.25, 0.3) is 0 Å². The van der Waals surface area contributed by atoms with Gasteiger partial charge in [-0.05, 0) is 19.1 Å². The fraction of sp³-hybridized carbons (Fsp3) is 0.176. The Kier molecular flexibility index (Phi) is 5.41. The number of aromatic carboxylic acids is 1. The normalized spacial score (nSPS) is 10.1. The van der Waals surface area contributed by atoms with Gasteiger partial charge in [0.05, 0.1) is 30.8 Å². The molecule has 0 aliphatic carbocycles. The first-order chi connectivity index (χ1) is 12.3. The summed E-state index contributed by atoms with van der Waals surface area (Å²) in [7, 11) is 2.69. The van der Waals surface area contributed by atoms with Crippen LogP contribution >= 0.6 is 0 Å². The number of carboxylic acid groups (broad SMARTS) is 1. The van der Waals surface area contributed by atoms with Crippen molar-refractivity contribution in [1.29, 1.82) is 0 Å². The number of nitrogens with zero attached hydrogens (tertiary/aromatic N) is 1. The highest BCUT2D eigenvalue weighted by Crippen LogP contribution is 2.33. The highest BCUT2D eigenvalue weighted by atomic mass is 16.6. The van der Waals surface area contributed by atoms with E-state index in [1.807, 2.05) is 0 Å². The van der Waals surface area contributed by atoms with Gasteiger partial charge >= 0.3 is 0 Å². The smallest absolute Gasteiger partial charge is 0.273 e. The average Bonchev–Trinajstić information content (AvgIpc) is 2.60. The van der Waals surface area contributed by atoms with Crippen molar-refractivity contribution in [2.24, 2.45) is 0 Å². The third-order valence-electron chi connectivity index (χ3n) is 3.66. The molecule has 26 heavy (non-hydrogen) atoms. The molecule has 1 amide bonds. The van der Waals surface area contributed by atoms with Gasteiger partial charge < -0.3 is 24.7 Å². The van der Waals surface area contributed by atoms with E-state index in [-0.39, 0.29) is 34.0 Å². The van der Waals surface area contributed by atoms with Crippen molar-refractivity contribution in [3.8, 4) is 11.5 Å². The van der Waals surface area contributed by atoms with Crippen LogP contribution in [0.5, 0.6) is 11.5 Å². The Morgan fingerprint density at radius 3 is 2.23 bits per heavy atom. The van der Waals surface area contributed by atoms with Crippen LogP contribution in [0.15, 0.2) is 30.3 Å². The van der Waals surface area contributed by atoms with Crippen LogP contribution in [0.2, 0.25) is 0 Å². The quantitative estimate of drug-likeness (QED) is 0.611. The van der Waals surface area contributed by atoms with Gasteiger partial charge in [-0.3, -0.25) is 14.9 Å². The van der Waals surface area contributed by atoms with E-state index in [9.17, 15) is 24.8 Å². The molecule has 0 aliphatic rings. The molecule has 0 heterocycles. The van der Waals surface area contributed by atoms with Crippen LogP contribution in [0, 0.1) is 17.0 Å². The maximum atomic E-state index is 12.4. The van der Waals surface area contributed by atoms with Crippen molar-refractivity contribution in [3.63, 3.8) is 0 Å². The van der Waals surface area contributed by atoms with Crippen LogP contribution in [-0.2, 0) is 0 Å². The van der Waals surface area contributed by atoms with Gasteiger partial charge in [-0.25, -0.2) is 0 Å². The summed E-state index contributed by atoms with van der Waals surface area (Å²) in [4.78, 5) is 34.2. The second kappa shape index (κ2) is 7.51. The van der Waals surface area contributed by atoms with Crippen LogP contribution in [-0.4, -0.2) is 31.0 Å². The number of carboxylic acids is 1. The average molecular weight is 359 g/mol. The minimum Gasteiger partial charge on any atom is -0.545 e. The first-order valence-corrected chi connectivity index (χ1v) is 7.32. The fourth-order valence-electron chi connectivity index (χ4n) is 2.29. The van der Waals surface area contributed by atoms with Crippen molar-refractivity contribution in [2.45, 2.75) is 6.92 Å². The van der Waals surface area contributed by atoms with Gasteiger partial charge in [-0.15, -0.1) is 0 Å². The summed E-state index contributed by atoms with van der Waals surface area (Å²) >= 11 is 0. The van der Waals surface area contributed by atoms with Crippen LogP contribution in [0.3, 0.4) is 0 Å². The minimum absolute atomic E-state index is 0.00128. The lowest BCUT2D eigenvalue weighted by Crippen LogP contribution is -2.25. The molecular formula is C17H15N2O7-. The standard InChI is InChI=1S/C17H16N2O7/c1-9-4-5-10(6-13(9)19(23)24)16(20)18-12-8-15(26-3)14(25-2)7-11(12)17(21)22/h4-8H,1-3H3,(H,18,20)(H,21,22)/p-1. The van der Waals surface area contributed by atoms with E-state index in [0.29, 0.717) is 5.56 Å². The summed E-state index contributed by atoms with van der Waals surface area (Å²) in [6.45, 7) is 1.54. The number of amides is 1. The molecule has 0 saturated carbocycles. The molecule has 0 aliphatic heterocycles. The van der Waals surface area contributed by atoms with Crippen molar-refractivity contribution in [3.05, 3.63) is 57.1 Å². The van der Waals surface area contributed by atoms with E-state index in [1.165, 1.54) is 32.4 Å². The molecule has 2 rings (SSSR count). The molecule has 0 radical (unpaired) electrons. The molecule has 1 N–H and O–H groups in total. The Balaban J connectivity index is 2.44. The number of hydrogen-bond acceptors (Lipinski definition) is 7. The number of ether oxygens (including phenoxy) is 2. The van der Waals surface area contributed by atoms with Crippen LogP contribution < -0.4 is 19.9 Å². The van der Waals surface area contributed by atoms with E-state index in [0.717, 1.165) is 12.1 Å². The van der Waals surface area contributed by atoms with E-state index in [4.69, 9.17) is 9.47 Å². The van der Waals surface area contributed by atoms with Crippen LogP contribution in [0.1, 0.15) is 26.3 Å². The highest BCUT2D eigenvalue weighted by molar-refractivity contribution is 6.08. The Hall–Kier alpha value is -3.62. The first-order valence-electron chi connectivity index (χ1n) is 7.32. The lowest BCUT2D eigenvalue weighted by molar-refractivity contribution is -0.385. The molecule has 9 nitrogen and oxygen atoms in total. The summed E-state index contributed by atoms with van der Waals surface area (Å²) in [5, 5.41) is 24.8. The number of aryl methyl sites for hydroxylation is 1. The Bertz CT molecular complexity index is 893. The lowest BCUT2D eigenvalue weighted by atomic mass is 10.1. The monoisotopic (exact) mass is 359 g/mol. The number of nitro benzene ring substituents is 1. The van der Waals surface area contributed by atoms with E-state index < -0.39 is 16.8 Å². The maximum absolute atomic E-state index is 12.4. The molecule has 136 valence electrons. The molecule has 0 spiro atoms. The van der Waals surface area contributed by atoms with Gasteiger partial charge in [0.2, 0.25) is 0 Å². The predicted molar refractivity (Wildman–Crippen MR) is 89.7 cm³/mol. The topological polar surface area (TPSA) is 131 Å². The maximum Gasteiger partial charge on any atom is 0.273 e. The molecule has 0 aromatic heterocycles. The zero-order valence-electron chi connectivity index (χ0n) is 14.2. The van der Waals surface area contributed by atoms with Crippen molar-refractivity contribution < 1.29 is 29.1 Å². The zero-order valence-corrected chi connectivity index (χ0v) is 14.2. The Morgan fingerprint density at radius 1 is 1.08 bits per heavy atom. The number of nitro groups is 1. The van der Waals surface area contributed by atoms with Gasteiger partial charge in [0.25, 0.3) is 11.6 Å². The number of carbonyl (C=O) groups excluding carboxylic acids is 2. The minimum atomic E-state index is -1.53. The van der Waals surface area contributed by atoms with Crippen molar-refractivity contribution in [1.82, 2.24) is 0 Å². The third-order valence-corrected chi connectivity index (χ3v) is 3.66. The summed E-state index contributed by atoms with van der Waals surface area (Å²) in [5.74, 6) is -1.91. The predicted octanol–water partition coefficient (Wildman–Crippen LogP) is 1.54. The molecule has 0 atom stereocenters. The van der Waals surface area contributed by atoms with Gasteiger partial charge in [0.1, 0.15) is 0 Å². The number of methoxy groups -OCH3 is 2. The second-order valence-corrected chi connectivity index (χ2v) is 5.25. The molecule has 0 unspecified atom stereocenters.